The summed E-state index contributed by atoms with van der Waals surface area (Å²) in [5, 5.41) is 3.75. The van der Waals surface area contributed by atoms with E-state index in [-0.39, 0.29) is 6.61 Å². The van der Waals surface area contributed by atoms with Crippen molar-refractivity contribution in [1.29, 1.82) is 0 Å². The van der Waals surface area contributed by atoms with E-state index in [0.29, 0.717) is 40.1 Å². The zero-order chi connectivity index (χ0) is 22.9. The molecule has 3 aromatic rings. The summed E-state index contributed by atoms with van der Waals surface area (Å²) in [6, 6.07) is 16.1. The Bertz CT molecular complexity index is 1020. The molecule has 0 aliphatic rings. The van der Waals surface area contributed by atoms with Crippen LogP contribution in [0.1, 0.15) is 16.7 Å². The number of para-hydroxylation sites is 1. The highest BCUT2D eigenvalue weighted by Crippen LogP contribution is 2.33. The fraction of sp³-hybridized carbons (Fsp3) is 0.280. The van der Waals surface area contributed by atoms with Crippen LogP contribution in [0.2, 0.25) is 5.02 Å². The third-order valence-electron chi connectivity index (χ3n) is 5.06. The molecule has 0 bridgehead atoms. The molecule has 0 radical (unpaired) electrons. The van der Waals surface area contributed by atoms with Crippen molar-refractivity contribution in [2.24, 2.45) is 0 Å². The van der Waals surface area contributed by atoms with Crippen LogP contribution in [0.5, 0.6) is 23.0 Å². The van der Waals surface area contributed by atoms with Crippen molar-refractivity contribution in [3.8, 4) is 23.0 Å². The van der Waals surface area contributed by atoms with Gasteiger partial charge < -0.3 is 24.3 Å². The minimum Gasteiger partial charge on any atom is -0.493 e. The Morgan fingerprint density at radius 1 is 0.875 bits per heavy atom. The van der Waals surface area contributed by atoms with Crippen molar-refractivity contribution in [2.75, 3.05) is 27.9 Å². The highest BCUT2D eigenvalue weighted by atomic mass is 35.5. The van der Waals surface area contributed by atoms with Crippen LogP contribution >= 0.6 is 11.6 Å². The molecule has 0 fully saturated rings. The molecule has 7 heteroatoms. The Kier molecular flexibility index (Phi) is 8.59. The van der Waals surface area contributed by atoms with Gasteiger partial charge in [-0.3, -0.25) is 0 Å². The Morgan fingerprint density at radius 3 is 2.34 bits per heavy atom. The summed E-state index contributed by atoms with van der Waals surface area (Å²) in [6.45, 7) is 1.31. The van der Waals surface area contributed by atoms with Crippen molar-refractivity contribution in [3.05, 3.63) is 82.1 Å². The van der Waals surface area contributed by atoms with E-state index in [9.17, 15) is 4.39 Å². The number of halogens is 2. The average Bonchev–Trinajstić information content (AvgIpc) is 2.81. The van der Waals surface area contributed by atoms with Crippen LogP contribution < -0.4 is 24.3 Å². The van der Waals surface area contributed by atoms with Gasteiger partial charge in [0.15, 0.2) is 23.0 Å². The molecule has 0 saturated carbocycles. The van der Waals surface area contributed by atoms with Gasteiger partial charge in [-0.15, -0.1) is 0 Å². The zero-order valence-electron chi connectivity index (χ0n) is 18.4. The number of nitrogens with one attached hydrogen (secondary N) is 1. The topological polar surface area (TPSA) is 49.0 Å². The third kappa shape index (κ3) is 5.84. The lowest BCUT2D eigenvalue weighted by Crippen LogP contribution is -2.17. The fourth-order valence-electron chi connectivity index (χ4n) is 3.33. The van der Waals surface area contributed by atoms with E-state index < -0.39 is 5.82 Å². The molecule has 0 unspecified atom stereocenters. The van der Waals surface area contributed by atoms with Crippen LogP contribution in [0, 0.1) is 5.82 Å². The monoisotopic (exact) mass is 459 g/mol. The molecule has 3 aromatic carbocycles. The number of hydrogen-bond donors (Lipinski definition) is 1. The fourth-order valence-corrected chi connectivity index (χ4v) is 3.55. The van der Waals surface area contributed by atoms with E-state index in [1.807, 2.05) is 36.4 Å². The average molecular weight is 460 g/mol. The van der Waals surface area contributed by atoms with E-state index >= 15 is 0 Å². The minimum atomic E-state index is -0.401. The van der Waals surface area contributed by atoms with Crippen molar-refractivity contribution < 1.29 is 23.3 Å². The van der Waals surface area contributed by atoms with Crippen LogP contribution in [-0.2, 0) is 19.6 Å². The van der Waals surface area contributed by atoms with E-state index in [1.165, 1.54) is 6.07 Å². The summed E-state index contributed by atoms with van der Waals surface area (Å²) in [5.41, 5.74) is 2.35. The molecule has 0 aromatic heterocycles. The normalized spacial score (nSPS) is 10.7. The first-order valence-electron chi connectivity index (χ1n) is 10.2. The molecule has 1 N–H and O–H groups in total. The Morgan fingerprint density at radius 2 is 1.62 bits per heavy atom. The molecule has 0 aliphatic carbocycles. The van der Waals surface area contributed by atoms with Gasteiger partial charge in [0.05, 0.1) is 26.4 Å². The molecule has 0 heterocycles. The summed E-state index contributed by atoms with van der Waals surface area (Å²) in [4.78, 5) is 0. The SMILES string of the molecule is COc1ccc(CCNCc2cccc(OC)c2OCc2c(F)cccc2Cl)cc1OC. The van der Waals surface area contributed by atoms with E-state index in [0.717, 1.165) is 24.1 Å². The molecular formula is C25H27ClFNO4. The van der Waals surface area contributed by atoms with Crippen LogP contribution in [0.3, 0.4) is 0 Å². The van der Waals surface area contributed by atoms with Gasteiger partial charge in [-0.2, -0.15) is 0 Å². The number of hydrogen-bond acceptors (Lipinski definition) is 5. The van der Waals surface area contributed by atoms with Crippen LogP contribution in [0.25, 0.3) is 0 Å². The van der Waals surface area contributed by atoms with Gasteiger partial charge in [0.2, 0.25) is 0 Å². The predicted molar refractivity (Wildman–Crippen MR) is 124 cm³/mol. The quantitative estimate of drug-likeness (QED) is 0.388. The largest absolute Gasteiger partial charge is 0.493 e. The molecule has 0 saturated heterocycles. The molecular weight excluding hydrogens is 433 g/mol. The van der Waals surface area contributed by atoms with Gasteiger partial charge in [0, 0.05) is 17.7 Å². The second kappa shape index (κ2) is 11.6. The number of methoxy groups -OCH3 is 3. The molecule has 170 valence electrons. The second-order valence-electron chi connectivity index (χ2n) is 7.05. The lowest BCUT2D eigenvalue weighted by Gasteiger charge is -2.16. The lowest BCUT2D eigenvalue weighted by atomic mass is 10.1. The number of benzene rings is 3. The van der Waals surface area contributed by atoms with Gasteiger partial charge in [-0.05, 0) is 48.9 Å². The first kappa shape index (κ1) is 23.7. The van der Waals surface area contributed by atoms with Gasteiger partial charge in [0.1, 0.15) is 12.4 Å². The van der Waals surface area contributed by atoms with E-state index in [1.54, 1.807) is 33.5 Å². The van der Waals surface area contributed by atoms with Gasteiger partial charge >= 0.3 is 0 Å². The zero-order valence-corrected chi connectivity index (χ0v) is 19.2. The molecule has 5 nitrogen and oxygen atoms in total. The predicted octanol–water partition coefficient (Wildman–Crippen LogP) is 5.42. The molecule has 0 aliphatic heterocycles. The number of ether oxygens (including phenoxy) is 4. The number of rotatable bonds is 11. The molecule has 0 spiro atoms. The van der Waals surface area contributed by atoms with E-state index in [4.69, 9.17) is 30.5 Å². The first-order chi connectivity index (χ1) is 15.6. The molecule has 0 atom stereocenters. The summed E-state index contributed by atoms with van der Waals surface area (Å²) < 4.78 is 36.2. The minimum absolute atomic E-state index is 0.00449. The lowest BCUT2D eigenvalue weighted by molar-refractivity contribution is 0.276. The molecule has 3 rings (SSSR count). The van der Waals surface area contributed by atoms with Gasteiger partial charge in [-0.25, -0.2) is 4.39 Å². The van der Waals surface area contributed by atoms with Crippen LogP contribution in [-0.4, -0.2) is 27.9 Å². The second-order valence-corrected chi connectivity index (χ2v) is 7.46. The Hall–Kier alpha value is -2.96. The Balaban J connectivity index is 1.64. The smallest absolute Gasteiger partial charge is 0.166 e. The maximum atomic E-state index is 14.1. The highest BCUT2D eigenvalue weighted by Gasteiger charge is 2.14. The first-order valence-corrected chi connectivity index (χ1v) is 10.6. The maximum Gasteiger partial charge on any atom is 0.166 e. The summed E-state index contributed by atoms with van der Waals surface area (Å²) in [6.07, 6.45) is 0.811. The third-order valence-corrected chi connectivity index (χ3v) is 5.41. The molecule has 0 amide bonds. The van der Waals surface area contributed by atoms with Crippen molar-refractivity contribution in [2.45, 2.75) is 19.6 Å². The van der Waals surface area contributed by atoms with Gasteiger partial charge in [-0.1, -0.05) is 35.9 Å². The maximum absolute atomic E-state index is 14.1. The van der Waals surface area contributed by atoms with Crippen molar-refractivity contribution in [3.63, 3.8) is 0 Å². The van der Waals surface area contributed by atoms with Crippen LogP contribution in [0.15, 0.2) is 54.6 Å². The molecule has 32 heavy (non-hydrogen) atoms. The van der Waals surface area contributed by atoms with E-state index in [2.05, 4.69) is 5.32 Å². The van der Waals surface area contributed by atoms with Crippen molar-refractivity contribution in [1.82, 2.24) is 5.32 Å². The summed E-state index contributed by atoms with van der Waals surface area (Å²) >= 11 is 6.13. The van der Waals surface area contributed by atoms with Crippen LogP contribution in [0.4, 0.5) is 4.39 Å². The highest BCUT2D eigenvalue weighted by molar-refractivity contribution is 6.31. The standard InChI is InChI=1S/C25H27ClFNO4/c1-29-22-11-10-17(14-24(22)31-3)12-13-28-15-18-6-4-9-23(30-2)25(18)32-16-19-20(26)7-5-8-21(19)27/h4-11,14,28H,12-13,15-16H2,1-3H3. The Labute approximate surface area is 193 Å². The summed E-state index contributed by atoms with van der Waals surface area (Å²) in [7, 11) is 4.82. The van der Waals surface area contributed by atoms with Crippen molar-refractivity contribution >= 4 is 11.6 Å². The van der Waals surface area contributed by atoms with Gasteiger partial charge in [0.25, 0.3) is 0 Å². The summed E-state index contributed by atoms with van der Waals surface area (Å²) in [5.74, 6) is 2.16.